The molecule has 0 saturated carbocycles. The summed E-state index contributed by atoms with van der Waals surface area (Å²) in [4.78, 5) is 12.0. The number of benzene rings is 2. The highest BCUT2D eigenvalue weighted by Crippen LogP contribution is 2.21. The van der Waals surface area contributed by atoms with Crippen LogP contribution in [0.4, 0.5) is 5.69 Å². The number of carbonyl (C=O) groups is 1. The summed E-state index contributed by atoms with van der Waals surface area (Å²) >= 11 is 5.97. The van der Waals surface area contributed by atoms with Gasteiger partial charge in [0.05, 0.1) is 6.61 Å². The largest absolute Gasteiger partial charge is 0.494 e. The van der Waals surface area contributed by atoms with Gasteiger partial charge in [-0.3, -0.25) is 4.79 Å². The molecule has 4 nitrogen and oxygen atoms in total. The predicted octanol–water partition coefficient (Wildman–Crippen LogP) is 5.23. The van der Waals surface area contributed by atoms with Gasteiger partial charge in [-0.1, -0.05) is 31.4 Å². The second-order valence-electron chi connectivity index (χ2n) is 5.83. The van der Waals surface area contributed by atoms with E-state index in [0.717, 1.165) is 17.7 Å². The molecule has 25 heavy (non-hydrogen) atoms. The van der Waals surface area contributed by atoms with Gasteiger partial charge in [0, 0.05) is 10.7 Å². The average Bonchev–Trinajstić information content (AvgIpc) is 2.61. The molecule has 134 valence electrons. The fraction of sp³-hybridized carbons (Fsp3) is 0.350. The van der Waals surface area contributed by atoms with E-state index in [0.29, 0.717) is 23.1 Å². The summed E-state index contributed by atoms with van der Waals surface area (Å²) in [7, 11) is 0. The molecular weight excluding hydrogens is 338 g/mol. The van der Waals surface area contributed by atoms with Crippen molar-refractivity contribution in [1.82, 2.24) is 0 Å². The number of hydrogen-bond acceptors (Lipinski definition) is 3. The highest BCUT2D eigenvalue weighted by atomic mass is 35.5. The van der Waals surface area contributed by atoms with E-state index in [1.54, 1.807) is 18.2 Å². The van der Waals surface area contributed by atoms with Gasteiger partial charge in [0.2, 0.25) is 0 Å². The molecule has 2 aromatic rings. The standard InChI is InChI=1S/C20H24ClNO3/c1-3-4-5-12-24-17-8-6-16(7-9-17)22-20(23)14-25-18-10-11-19(21)15(2)13-18/h6-11,13H,3-5,12,14H2,1-2H3,(H,22,23). The summed E-state index contributed by atoms with van der Waals surface area (Å²) in [5.74, 6) is 1.21. The maximum atomic E-state index is 12.0. The number of hydrogen-bond donors (Lipinski definition) is 1. The minimum atomic E-state index is -0.218. The van der Waals surface area contributed by atoms with Crippen LogP contribution < -0.4 is 14.8 Å². The van der Waals surface area contributed by atoms with Crippen LogP contribution in [0.25, 0.3) is 0 Å². The molecule has 2 aromatic carbocycles. The topological polar surface area (TPSA) is 47.6 Å². The number of amides is 1. The lowest BCUT2D eigenvalue weighted by molar-refractivity contribution is -0.118. The maximum absolute atomic E-state index is 12.0. The van der Waals surface area contributed by atoms with Crippen LogP contribution in [-0.4, -0.2) is 19.1 Å². The number of unbranched alkanes of at least 4 members (excludes halogenated alkanes) is 2. The first-order valence-electron chi connectivity index (χ1n) is 8.50. The van der Waals surface area contributed by atoms with E-state index in [-0.39, 0.29) is 12.5 Å². The summed E-state index contributed by atoms with van der Waals surface area (Å²) in [5.41, 5.74) is 1.62. The van der Waals surface area contributed by atoms with E-state index in [2.05, 4.69) is 12.2 Å². The zero-order valence-corrected chi connectivity index (χ0v) is 15.4. The second-order valence-corrected chi connectivity index (χ2v) is 6.23. The summed E-state index contributed by atoms with van der Waals surface area (Å²) in [5, 5.41) is 3.47. The van der Waals surface area contributed by atoms with Gasteiger partial charge >= 0.3 is 0 Å². The second kappa shape index (κ2) is 9.94. The number of anilines is 1. The first kappa shape index (κ1) is 19.1. The van der Waals surface area contributed by atoms with Crippen LogP contribution in [0.5, 0.6) is 11.5 Å². The number of nitrogens with one attached hydrogen (secondary N) is 1. The van der Waals surface area contributed by atoms with Gasteiger partial charge in [-0.2, -0.15) is 0 Å². The van der Waals surface area contributed by atoms with E-state index >= 15 is 0 Å². The predicted molar refractivity (Wildman–Crippen MR) is 102 cm³/mol. The van der Waals surface area contributed by atoms with Crippen LogP contribution in [0.1, 0.15) is 31.7 Å². The quantitative estimate of drug-likeness (QED) is 0.621. The summed E-state index contributed by atoms with van der Waals surface area (Å²) in [6.07, 6.45) is 3.39. The number of aryl methyl sites for hydroxylation is 1. The van der Waals surface area contributed by atoms with Crippen molar-refractivity contribution in [3.63, 3.8) is 0 Å². The van der Waals surface area contributed by atoms with Crippen molar-refractivity contribution in [3.8, 4) is 11.5 Å². The monoisotopic (exact) mass is 361 g/mol. The molecule has 0 aliphatic carbocycles. The molecule has 0 unspecified atom stereocenters. The zero-order valence-electron chi connectivity index (χ0n) is 14.7. The van der Waals surface area contributed by atoms with E-state index in [9.17, 15) is 4.79 Å². The summed E-state index contributed by atoms with van der Waals surface area (Å²) in [6, 6.07) is 12.6. The lowest BCUT2D eigenvalue weighted by atomic mass is 10.2. The Kier molecular flexibility index (Phi) is 7.61. The Hall–Kier alpha value is -2.20. The molecule has 0 aliphatic heterocycles. The first-order valence-corrected chi connectivity index (χ1v) is 8.88. The van der Waals surface area contributed by atoms with E-state index in [1.165, 1.54) is 12.8 Å². The summed E-state index contributed by atoms with van der Waals surface area (Å²) in [6.45, 7) is 4.71. The van der Waals surface area contributed by atoms with Crippen molar-refractivity contribution in [1.29, 1.82) is 0 Å². The SMILES string of the molecule is CCCCCOc1ccc(NC(=O)COc2ccc(Cl)c(C)c2)cc1. The number of ether oxygens (including phenoxy) is 2. The van der Waals surface area contributed by atoms with Crippen LogP contribution in [-0.2, 0) is 4.79 Å². The normalized spacial score (nSPS) is 10.4. The lowest BCUT2D eigenvalue weighted by Gasteiger charge is -2.10. The number of rotatable bonds is 9. The van der Waals surface area contributed by atoms with E-state index in [1.807, 2.05) is 31.2 Å². The van der Waals surface area contributed by atoms with Gasteiger partial charge in [0.15, 0.2) is 6.61 Å². The Morgan fingerprint density at radius 2 is 1.76 bits per heavy atom. The van der Waals surface area contributed by atoms with Crippen LogP contribution in [0.2, 0.25) is 5.02 Å². The first-order chi connectivity index (χ1) is 12.1. The molecular formula is C20H24ClNO3. The smallest absolute Gasteiger partial charge is 0.262 e. The number of halogens is 1. The molecule has 0 radical (unpaired) electrons. The Morgan fingerprint density at radius 3 is 2.44 bits per heavy atom. The van der Waals surface area contributed by atoms with Crippen molar-refractivity contribution in [2.75, 3.05) is 18.5 Å². The van der Waals surface area contributed by atoms with Crippen molar-refractivity contribution in [3.05, 3.63) is 53.1 Å². The van der Waals surface area contributed by atoms with Crippen molar-refractivity contribution >= 4 is 23.2 Å². The van der Waals surface area contributed by atoms with Crippen LogP contribution in [0.15, 0.2) is 42.5 Å². The van der Waals surface area contributed by atoms with Crippen molar-refractivity contribution in [2.24, 2.45) is 0 Å². The van der Waals surface area contributed by atoms with Gasteiger partial charge in [-0.15, -0.1) is 0 Å². The Bertz CT molecular complexity index is 686. The number of carbonyl (C=O) groups excluding carboxylic acids is 1. The molecule has 1 amide bonds. The molecule has 0 spiro atoms. The molecule has 0 bridgehead atoms. The van der Waals surface area contributed by atoms with Gasteiger partial charge in [0.1, 0.15) is 11.5 Å². The minimum Gasteiger partial charge on any atom is -0.494 e. The molecule has 1 N–H and O–H groups in total. The third kappa shape index (κ3) is 6.67. The van der Waals surface area contributed by atoms with E-state index < -0.39 is 0 Å². The Morgan fingerprint density at radius 1 is 1.04 bits per heavy atom. The van der Waals surface area contributed by atoms with Crippen molar-refractivity contribution < 1.29 is 14.3 Å². The third-order valence-electron chi connectivity index (χ3n) is 3.65. The van der Waals surface area contributed by atoms with Crippen molar-refractivity contribution in [2.45, 2.75) is 33.1 Å². The molecule has 0 fully saturated rings. The maximum Gasteiger partial charge on any atom is 0.262 e. The van der Waals surface area contributed by atoms with Crippen LogP contribution >= 0.6 is 11.6 Å². The molecule has 0 heterocycles. The van der Waals surface area contributed by atoms with Gasteiger partial charge in [0.25, 0.3) is 5.91 Å². The fourth-order valence-electron chi connectivity index (χ4n) is 2.23. The highest BCUT2D eigenvalue weighted by molar-refractivity contribution is 6.31. The molecule has 0 atom stereocenters. The van der Waals surface area contributed by atoms with Crippen LogP contribution in [0.3, 0.4) is 0 Å². The minimum absolute atomic E-state index is 0.0592. The van der Waals surface area contributed by atoms with E-state index in [4.69, 9.17) is 21.1 Å². The molecule has 5 heteroatoms. The Labute approximate surface area is 154 Å². The Balaban J connectivity index is 1.77. The highest BCUT2D eigenvalue weighted by Gasteiger charge is 2.05. The molecule has 0 saturated heterocycles. The van der Waals surface area contributed by atoms with Gasteiger partial charge < -0.3 is 14.8 Å². The molecule has 2 rings (SSSR count). The summed E-state index contributed by atoms with van der Waals surface area (Å²) < 4.78 is 11.1. The van der Waals surface area contributed by atoms with Crippen LogP contribution in [0, 0.1) is 6.92 Å². The lowest BCUT2D eigenvalue weighted by Crippen LogP contribution is -2.20. The van der Waals surface area contributed by atoms with Gasteiger partial charge in [-0.05, 0) is 61.4 Å². The fourth-order valence-corrected chi connectivity index (χ4v) is 2.35. The zero-order chi connectivity index (χ0) is 18.1. The molecule has 0 aliphatic rings. The average molecular weight is 362 g/mol. The molecule has 0 aromatic heterocycles. The van der Waals surface area contributed by atoms with Gasteiger partial charge in [-0.25, -0.2) is 0 Å². The third-order valence-corrected chi connectivity index (χ3v) is 4.08.